The Labute approximate surface area is 148 Å². The van der Waals surface area contributed by atoms with Gasteiger partial charge < -0.3 is 5.32 Å². The molecule has 4 nitrogen and oxygen atoms in total. The van der Waals surface area contributed by atoms with Gasteiger partial charge in [-0.05, 0) is 28.5 Å². The Morgan fingerprint density at radius 1 is 1.08 bits per heavy atom. The van der Waals surface area contributed by atoms with E-state index in [-0.39, 0.29) is 18.5 Å². The first-order valence-corrected chi connectivity index (χ1v) is 9.13. The van der Waals surface area contributed by atoms with Crippen LogP contribution in [0.1, 0.15) is 22.0 Å². The highest BCUT2D eigenvalue weighted by molar-refractivity contribution is 7.14. The van der Waals surface area contributed by atoms with Crippen molar-refractivity contribution in [2.45, 2.75) is 6.04 Å². The summed E-state index contributed by atoms with van der Waals surface area (Å²) < 4.78 is 0. The molecule has 1 aromatic carbocycles. The van der Waals surface area contributed by atoms with Crippen LogP contribution >= 0.6 is 22.7 Å². The highest BCUT2D eigenvalue weighted by atomic mass is 32.1. The second-order valence-electron chi connectivity index (χ2n) is 5.06. The second kappa shape index (κ2) is 7.88. The van der Waals surface area contributed by atoms with E-state index in [0.29, 0.717) is 10.6 Å². The van der Waals surface area contributed by atoms with Crippen molar-refractivity contribution >= 4 is 33.6 Å². The molecule has 0 bridgehead atoms. The number of carbonyl (C=O) groups is 1. The highest BCUT2D eigenvalue weighted by Crippen LogP contribution is 2.26. The molecule has 0 aliphatic carbocycles. The molecule has 3 rings (SSSR count). The number of hydrogen-bond acceptors (Lipinski definition) is 5. The van der Waals surface area contributed by atoms with Gasteiger partial charge in [-0.25, -0.2) is 0 Å². The van der Waals surface area contributed by atoms with Crippen molar-refractivity contribution in [1.29, 1.82) is 5.26 Å². The Balaban J connectivity index is 1.68. The van der Waals surface area contributed by atoms with E-state index in [1.165, 1.54) is 11.3 Å². The van der Waals surface area contributed by atoms with Crippen molar-refractivity contribution in [3.8, 4) is 6.07 Å². The second-order valence-corrected chi connectivity index (χ2v) is 6.96. The molecule has 0 unspecified atom stereocenters. The predicted octanol–water partition coefficient (Wildman–Crippen LogP) is 4.00. The van der Waals surface area contributed by atoms with Gasteiger partial charge in [0.15, 0.2) is 0 Å². The van der Waals surface area contributed by atoms with Crippen molar-refractivity contribution in [2.75, 3.05) is 11.9 Å². The van der Waals surface area contributed by atoms with Crippen molar-refractivity contribution < 1.29 is 4.79 Å². The summed E-state index contributed by atoms with van der Waals surface area (Å²) in [5, 5.41) is 19.5. The molecule has 2 aromatic heterocycles. The number of nitriles is 1. The molecule has 2 N–H and O–H groups in total. The lowest BCUT2D eigenvalue weighted by Gasteiger charge is -2.17. The monoisotopic (exact) mass is 353 g/mol. The van der Waals surface area contributed by atoms with E-state index < -0.39 is 0 Å². The lowest BCUT2D eigenvalue weighted by atomic mass is 10.1. The summed E-state index contributed by atoms with van der Waals surface area (Å²) in [5.74, 6) is -0.161. The first kappa shape index (κ1) is 16.4. The number of benzene rings is 1. The average molecular weight is 353 g/mol. The minimum Gasteiger partial charge on any atom is -0.315 e. The molecule has 3 aromatic rings. The van der Waals surface area contributed by atoms with E-state index >= 15 is 0 Å². The van der Waals surface area contributed by atoms with E-state index in [1.54, 1.807) is 22.8 Å². The molecule has 6 heteroatoms. The zero-order chi connectivity index (χ0) is 16.8. The Kier molecular flexibility index (Phi) is 5.39. The van der Waals surface area contributed by atoms with E-state index in [1.807, 2.05) is 41.8 Å². The molecular formula is C18H15N3OS2. The van der Waals surface area contributed by atoms with E-state index in [9.17, 15) is 4.79 Å². The van der Waals surface area contributed by atoms with Crippen LogP contribution in [0.5, 0.6) is 0 Å². The van der Waals surface area contributed by atoms with Gasteiger partial charge in [0.1, 0.15) is 11.1 Å². The Bertz CT molecular complexity index is 835. The summed E-state index contributed by atoms with van der Waals surface area (Å²) in [7, 11) is 0. The average Bonchev–Trinajstić information content (AvgIpc) is 3.28. The third-order valence-corrected chi connectivity index (χ3v) is 5.23. The number of hydrogen-bond donors (Lipinski definition) is 2. The van der Waals surface area contributed by atoms with Crippen molar-refractivity contribution in [2.24, 2.45) is 0 Å². The summed E-state index contributed by atoms with van der Waals surface area (Å²) in [4.78, 5) is 13.4. The number of nitrogens with zero attached hydrogens (tertiary/aromatic N) is 1. The zero-order valence-electron chi connectivity index (χ0n) is 12.7. The number of thiophene rings is 2. The lowest BCUT2D eigenvalue weighted by Crippen LogP contribution is -2.31. The van der Waals surface area contributed by atoms with E-state index in [0.717, 1.165) is 10.4 Å². The SMILES string of the molecule is N#Cc1ccsc1NC(=O)CN[C@H](c1ccccc1)c1cccs1. The first-order chi connectivity index (χ1) is 11.8. The first-order valence-electron chi connectivity index (χ1n) is 7.37. The fourth-order valence-corrected chi connectivity index (χ4v) is 3.92. The molecule has 24 heavy (non-hydrogen) atoms. The van der Waals surface area contributed by atoms with Gasteiger partial charge in [0, 0.05) is 4.88 Å². The van der Waals surface area contributed by atoms with Crippen LogP contribution < -0.4 is 10.6 Å². The largest absolute Gasteiger partial charge is 0.315 e. The summed E-state index contributed by atoms with van der Waals surface area (Å²) in [6.07, 6.45) is 0. The van der Waals surface area contributed by atoms with Gasteiger partial charge in [0.05, 0.1) is 18.2 Å². The smallest absolute Gasteiger partial charge is 0.238 e. The van der Waals surface area contributed by atoms with Gasteiger partial charge in [0.25, 0.3) is 0 Å². The summed E-state index contributed by atoms with van der Waals surface area (Å²) in [5.41, 5.74) is 1.60. The van der Waals surface area contributed by atoms with Crippen LogP contribution in [0.2, 0.25) is 0 Å². The number of nitrogens with one attached hydrogen (secondary N) is 2. The molecule has 120 valence electrons. The Hall–Kier alpha value is -2.46. The molecule has 1 amide bonds. The molecule has 0 spiro atoms. The topological polar surface area (TPSA) is 64.9 Å². The van der Waals surface area contributed by atoms with E-state index in [4.69, 9.17) is 5.26 Å². The van der Waals surface area contributed by atoms with Crippen LogP contribution in [0.3, 0.4) is 0 Å². The highest BCUT2D eigenvalue weighted by Gasteiger charge is 2.16. The Morgan fingerprint density at radius 2 is 1.92 bits per heavy atom. The minimum atomic E-state index is -0.161. The van der Waals surface area contributed by atoms with Crippen LogP contribution in [0, 0.1) is 11.3 Å². The van der Waals surface area contributed by atoms with Crippen molar-refractivity contribution in [3.05, 3.63) is 75.3 Å². The van der Waals surface area contributed by atoms with Gasteiger partial charge in [-0.1, -0.05) is 36.4 Å². The van der Waals surface area contributed by atoms with Crippen LogP contribution in [-0.2, 0) is 4.79 Å². The van der Waals surface area contributed by atoms with Gasteiger partial charge in [-0.2, -0.15) is 5.26 Å². The lowest BCUT2D eigenvalue weighted by molar-refractivity contribution is -0.115. The standard InChI is InChI=1S/C18H15N3OS2/c19-11-14-8-10-24-18(14)21-16(22)12-20-17(15-7-4-9-23-15)13-5-2-1-3-6-13/h1-10,17,20H,12H2,(H,21,22)/t17-/m1/s1. The quantitative estimate of drug-likeness (QED) is 0.704. The number of carbonyl (C=O) groups excluding carboxylic acids is 1. The molecule has 0 aliphatic heterocycles. The predicted molar refractivity (Wildman–Crippen MR) is 98.3 cm³/mol. The van der Waals surface area contributed by atoms with Crippen LogP contribution in [0.25, 0.3) is 0 Å². The van der Waals surface area contributed by atoms with Gasteiger partial charge >= 0.3 is 0 Å². The molecule has 0 fully saturated rings. The number of amides is 1. The van der Waals surface area contributed by atoms with Gasteiger partial charge in [-0.3, -0.25) is 10.1 Å². The van der Waals surface area contributed by atoms with Crippen molar-refractivity contribution in [1.82, 2.24) is 5.32 Å². The van der Waals surface area contributed by atoms with Crippen molar-refractivity contribution in [3.63, 3.8) is 0 Å². The molecule has 1 atom stereocenters. The minimum absolute atomic E-state index is 0.0317. The maximum Gasteiger partial charge on any atom is 0.238 e. The van der Waals surface area contributed by atoms with Crippen LogP contribution in [-0.4, -0.2) is 12.5 Å². The summed E-state index contributed by atoms with van der Waals surface area (Å²) in [6, 6.07) is 17.8. The fraction of sp³-hybridized carbons (Fsp3) is 0.111. The molecular weight excluding hydrogens is 338 g/mol. The molecule has 0 saturated carbocycles. The van der Waals surface area contributed by atoms with Gasteiger partial charge in [0.2, 0.25) is 5.91 Å². The summed E-state index contributed by atoms with van der Waals surface area (Å²) >= 11 is 3.00. The maximum atomic E-state index is 12.2. The number of anilines is 1. The third-order valence-electron chi connectivity index (χ3n) is 3.47. The zero-order valence-corrected chi connectivity index (χ0v) is 14.4. The molecule has 0 aliphatic rings. The fourth-order valence-electron chi connectivity index (χ4n) is 2.34. The Morgan fingerprint density at radius 3 is 2.62 bits per heavy atom. The normalized spacial score (nSPS) is 11.6. The van der Waals surface area contributed by atoms with E-state index in [2.05, 4.69) is 22.8 Å². The maximum absolute atomic E-state index is 12.2. The molecule has 0 saturated heterocycles. The third kappa shape index (κ3) is 3.89. The molecule has 2 heterocycles. The summed E-state index contributed by atoms with van der Waals surface area (Å²) in [6.45, 7) is 0.167. The van der Waals surface area contributed by atoms with Crippen LogP contribution in [0.15, 0.2) is 59.3 Å². The number of rotatable bonds is 6. The van der Waals surface area contributed by atoms with Crippen LogP contribution in [0.4, 0.5) is 5.00 Å². The molecule has 0 radical (unpaired) electrons. The van der Waals surface area contributed by atoms with Gasteiger partial charge in [-0.15, -0.1) is 22.7 Å².